The molecule has 0 bridgehead atoms. The predicted molar refractivity (Wildman–Crippen MR) is 106 cm³/mol. The maximum Gasteiger partial charge on any atom is 0.227 e. The number of ether oxygens (including phenoxy) is 1. The molecule has 0 aromatic heterocycles. The van der Waals surface area contributed by atoms with Gasteiger partial charge >= 0.3 is 0 Å². The van der Waals surface area contributed by atoms with Crippen molar-refractivity contribution >= 4 is 23.2 Å². The molecule has 3 rings (SSSR count). The molecule has 142 valence electrons. The second kappa shape index (κ2) is 8.12. The fourth-order valence-corrected chi connectivity index (χ4v) is 3.29. The summed E-state index contributed by atoms with van der Waals surface area (Å²) >= 11 is 0. The molecule has 0 saturated carbocycles. The Morgan fingerprint density at radius 2 is 2.00 bits per heavy atom. The largest absolute Gasteiger partial charge is 0.495 e. The van der Waals surface area contributed by atoms with Gasteiger partial charge in [-0.1, -0.05) is 18.2 Å². The average molecular weight is 367 g/mol. The summed E-state index contributed by atoms with van der Waals surface area (Å²) in [5, 5.41) is 2.94. The Bertz CT molecular complexity index is 833. The molecule has 1 heterocycles. The highest BCUT2D eigenvalue weighted by molar-refractivity contribution is 6.01. The van der Waals surface area contributed by atoms with Gasteiger partial charge in [-0.05, 0) is 48.7 Å². The lowest BCUT2D eigenvalue weighted by Gasteiger charge is -2.20. The lowest BCUT2D eigenvalue weighted by Crippen LogP contribution is -2.34. The average Bonchev–Trinajstić information content (AvgIpc) is 3.05. The fourth-order valence-electron chi connectivity index (χ4n) is 3.29. The third-order valence-corrected chi connectivity index (χ3v) is 4.81. The monoisotopic (exact) mass is 367 g/mol. The highest BCUT2D eigenvalue weighted by Gasteiger charge is 2.36. The first kappa shape index (κ1) is 18.8. The Kier molecular flexibility index (Phi) is 5.64. The molecule has 2 aromatic carbocycles. The highest BCUT2D eigenvalue weighted by atomic mass is 16.5. The van der Waals surface area contributed by atoms with Crippen molar-refractivity contribution in [1.29, 1.82) is 0 Å². The molecule has 1 unspecified atom stereocenters. The van der Waals surface area contributed by atoms with Crippen molar-refractivity contribution < 1.29 is 14.3 Å². The molecule has 0 spiro atoms. The number of rotatable bonds is 6. The van der Waals surface area contributed by atoms with Crippen LogP contribution in [-0.2, 0) is 16.0 Å². The molecule has 0 aliphatic carbocycles. The molecule has 27 heavy (non-hydrogen) atoms. The smallest absolute Gasteiger partial charge is 0.227 e. The van der Waals surface area contributed by atoms with Gasteiger partial charge in [0.1, 0.15) is 5.75 Å². The molecular weight excluding hydrogens is 342 g/mol. The van der Waals surface area contributed by atoms with Crippen molar-refractivity contribution in [3.05, 3.63) is 53.6 Å². The van der Waals surface area contributed by atoms with E-state index in [0.717, 1.165) is 28.9 Å². The van der Waals surface area contributed by atoms with Crippen LogP contribution in [0.4, 0.5) is 11.4 Å². The van der Waals surface area contributed by atoms with Gasteiger partial charge in [0.25, 0.3) is 0 Å². The molecule has 1 atom stereocenters. The summed E-state index contributed by atoms with van der Waals surface area (Å²) in [6.45, 7) is 2.86. The molecule has 2 amide bonds. The number of carbonyl (C=O) groups excluding carboxylic acids is 2. The summed E-state index contributed by atoms with van der Waals surface area (Å²) in [4.78, 5) is 26.6. The highest BCUT2D eigenvalue weighted by Crippen LogP contribution is 2.33. The molecular formula is C21H25N3O3. The summed E-state index contributed by atoms with van der Waals surface area (Å²) in [7, 11) is 1.58. The summed E-state index contributed by atoms with van der Waals surface area (Å²) in [6, 6.07) is 13.3. The van der Waals surface area contributed by atoms with Crippen molar-refractivity contribution in [2.24, 2.45) is 5.92 Å². The molecule has 1 saturated heterocycles. The number of benzene rings is 2. The van der Waals surface area contributed by atoms with E-state index >= 15 is 0 Å². The van der Waals surface area contributed by atoms with Crippen LogP contribution in [0.15, 0.2) is 42.5 Å². The Hall–Kier alpha value is -3.02. The van der Waals surface area contributed by atoms with E-state index in [1.807, 2.05) is 49.4 Å². The van der Waals surface area contributed by atoms with Gasteiger partial charge in [0, 0.05) is 25.2 Å². The van der Waals surface area contributed by atoms with Crippen LogP contribution < -0.4 is 20.7 Å². The molecule has 1 aliphatic heterocycles. The van der Waals surface area contributed by atoms with Crippen LogP contribution in [-0.4, -0.2) is 32.0 Å². The SMILES string of the molecule is COc1ccc(C)cc1N1CC(C(=O)NCCc2ccc(N)cc2)CC1=O. The van der Waals surface area contributed by atoms with E-state index in [2.05, 4.69) is 5.32 Å². The zero-order valence-corrected chi connectivity index (χ0v) is 15.7. The van der Waals surface area contributed by atoms with E-state index in [4.69, 9.17) is 10.5 Å². The van der Waals surface area contributed by atoms with Gasteiger partial charge in [-0.3, -0.25) is 9.59 Å². The van der Waals surface area contributed by atoms with Crippen molar-refractivity contribution in [3.63, 3.8) is 0 Å². The van der Waals surface area contributed by atoms with Crippen molar-refractivity contribution in [2.45, 2.75) is 19.8 Å². The van der Waals surface area contributed by atoms with Gasteiger partial charge in [-0.2, -0.15) is 0 Å². The van der Waals surface area contributed by atoms with Crippen LogP contribution in [0, 0.1) is 12.8 Å². The molecule has 0 radical (unpaired) electrons. The Morgan fingerprint density at radius 1 is 1.26 bits per heavy atom. The van der Waals surface area contributed by atoms with Gasteiger partial charge in [-0.25, -0.2) is 0 Å². The number of nitrogens with two attached hydrogens (primary N) is 1. The number of nitrogen functional groups attached to an aromatic ring is 1. The first-order valence-electron chi connectivity index (χ1n) is 9.05. The molecule has 1 fully saturated rings. The summed E-state index contributed by atoms with van der Waals surface area (Å²) in [5.41, 5.74) is 9.26. The minimum atomic E-state index is -0.353. The number of aryl methyl sites for hydroxylation is 1. The second-order valence-electron chi connectivity index (χ2n) is 6.86. The van der Waals surface area contributed by atoms with Crippen LogP contribution in [0.1, 0.15) is 17.5 Å². The number of nitrogens with one attached hydrogen (secondary N) is 1. The maximum absolute atomic E-state index is 12.5. The standard InChI is InChI=1S/C21H25N3O3/c1-14-3-8-19(27-2)18(11-14)24-13-16(12-20(24)25)21(26)23-10-9-15-4-6-17(22)7-5-15/h3-8,11,16H,9-10,12-13,22H2,1-2H3,(H,23,26). The van der Waals surface area contributed by atoms with Gasteiger partial charge < -0.3 is 20.7 Å². The third kappa shape index (κ3) is 4.39. The van der Waals surface area contributed by atoms with Crippen molar-refractivity contribution in [3.8, 4) is 5.75 Å². The normalized spacial score (nSPS) is 16.4. The van der Waals surface area contributed by atoms with Crippen molar-refractivity contribution in [2.75, 3.05) is 30.8 Å². The topological polar surface area (TPSA) is 84.7 Å². The predicted octanol–water partition coefficient (Wildman–Crippen LogP) is 2.30. The molecule has 6 nitrogen and oxygen atoms in total. The van der Waals surface area contributed by atoms with Crippen molar-refractivity contribution in [1.82, 2.24) is 5.32 Å². The quantitative estimate of drug-likeness (QED) is 0.767. The lowest BCUT2D eigenvalue weighted by atomic mass is 10.1. The van der Waals surface area contributed by atoms with Gasteiger partial charge in [0.2, 0.25) is 11.8 Å². The number of carbonyl (C=O) groups is 2. The first-order valence-corrected chi connectivity index (χ1v) is 9.05. The van der Waals surface area contributed by atoms with E-state index < -0.39 is 0 Å². The Balaban J connectivity index is 1.59. The number of hydrogen-bond acceptors (Lipinski definition) is 4. The fraction of sp³-hybridized carbons (Fsp3) is 0.333. The zero-order chi connectivity index (χ0) is 19.4. The zero-order valence-electron chi connectivity index (χ0n) is 15.7. The Morgan fingerprint density at radius 3 is 2.70 bits per heavy atom. The van der Waals surface area contributed by atoms with Gasteiger partial charge in [0.05, 0.1) is 18.7 Å². The molecule has 2 aromatic rings. The number of hydrogen-bond donors (Lipinski definition) is 2. The van der Waals surface area contributed by atoms with E-state index in [9.17, 15) is 9.59 Å². The van der Waals surface area contributed by atoms with Crippen LogP contribution >= 0.6 is 0 Å². The van der Waals surface area contributed by atoms with Crippen LogP contribution in [0.5, 0.6) is 5.75 Å². The minimum absolute atomic E-state index is 0.0578. The van der Waals surface area contributed by atoms with Gasteiger partial charge in [0.15, 0.2) is 0 Å². The second-order valence-corrected chi connectivity index (χ2v) is 6.86. The lowest BCUT2D eigenvalue weighted by molar-refractivity contribution is -0.126. The number of nitrogens with zero attached hydrogens (tertiary/aromatic N) is 1. The first-order chi connectivity index (χ1) is 13.0. The van der Waals surface area contributed by atoms with E-state index in [-0.39, 0.29) is 24.2 Å². The van der Waals surface area contributed by atoms with Crippen LogP contribution in [0.3, 0.4) is 0 Å². The van der Waals surface area contributed by atoms with E-state index in [1.54, 1.807) is 12.0 Å². The van der Waals surface area contributed by atoms with E-state index in [0.29, 0.717) is 18.8 Å². The Labute approximate surface area is 159 Å². The minimum Gasteiger partial charge on any atom is -0.495 e. The summed E-state index contributed by atoms with van der Waals surface area (Å²) in [5.74, 6) is 0.137. The third-order valence-electron chi connectivity index (χ3n) is 4.81. The molecule has 6 heteroatoms. The van der Waals surface area contributed by atoms with Gasteiger partial charge in [-0.15, -0.1) is 0 Å². The summed E-state index contributed by atoms with van der Waals surface area (Å²) < 4.78 is 5.38. The van der Waals surface area contributed by atoms with Crippen LogP contribution in [0.25, 0.3) is 0 Å². The number of methoxy groups -OCH3 is 1. The number of anilines is 2. The number of amides is 2. The summed E-state index contributed by atoms with van der Waals surface area (Å²) in [6.07, 6.45) is 0.937. The molecule has 1 aliphatic rings. The maximum atomic E-state index is 12.5. The van der Waals surface area contributed by atoms with Crippen LogP contribution in [0.2, 0.25) is 0 Å². The van der Waals surface area contributed by atoms with E-state index in [1.165, 1.54) is 0 Å². The molecule has 3 N–H and O–H groups in total.